The van der Waals surface area contributed by atoms with Gasteiger partial charge < -0.3 is 15.4 Å². The molecule has 0 saturated carbocycles. The van der Waals surface area contributed by atoms with Crippen molar-refractivity contribution in [2.75, 3.05) is 39.8 Å². The maximum atomic E-state index is 5.61. The molecular formula is C19H39IN4O. The number of hydrogen-bond donors (Lipinski definition) is 2. The molecule has 1 atom stereocenters. The van der Waals surface area contributed by atoms with Crippen LogP contribution in [-0.2, 0) is 4.74 Å². The largest absolute Gasteiger partial charge is 0.379 e. The molecule has 0 spiro atoms. The molecule has 0 aromatic carbocycles. The second-order valence-corrected chi connectivity index (χ2v) is 7.96. The lowest BCUT2D eigenvalue weighted by atomic mass is 9.89. The third-order valence-corrected chi connectivity index (χ3v) is 4.43. The summed E-state index contributed by atoms with van der Waals surface area (Å²) in [7, 11) is 1.77. The highest BCUT2D eigenvalue weighted by Crippen LogP contribution is 2.21. The number of likely N-dealkylation sites (tertiary alicyclic amines) is 1. The molecule has 0 radical (unpaired) electrons. The number of piperidine rings is 1. The van der Waals surface area contributed by atoms with Gasteiger partial charge in [-0.2, -0.15) is 0 Å². The Morgan fingerprint density at radius 3 is 2.36 bits per heavy atom. The van der Waals surface area contributed by atoms with Crippen LogP contribution in [0.1, 0.15) is 47.5 Å². The number of nitrogens with one attached hydrogen (secondary N) is 2. The maximum absolute atomic E-state index is 5.61. The van der Waals surface area contributed by atoms with Crippen molar-refractivity contribution in [3.8, 4) is 0 Å². The van der Waals surface area contributed by atoms with Gasteiger partial charge in [-0.05, 0) is 32.1 Å². The average molecular weight is 466 g/mol. The molecule has 1 heterocycles. The highest BCUT2D eigenvalue weighted by atomic mass is 127. The molecule has 1 aliphatic heterocycles. The molecule has 0 bridgehead atoms. The molecule has 1 aliphatic rings. The van der Waals surface area contributed by atoms with Crippen molar-refractivity contribution in [2.24, 2.45) is 10.4 Å². The third-order valence-electron chi connectivity index (χ3n) is 4.43. The molecule has 0 aliphatic carbocycles. The highest BCUT2D eigenvalue weighted by molar-refractivity contribution is 14.0. The molecule has 25 heavy (non-hydrogen) atoms. The fourth-order valence-electron chi connectivity index (χ4n) is 3.01. The predicted molar refractivity (Wildman–Crippen MR) is 119 cm³/mol. The van der Waals surface area contributed by atoms with Gasteiger partial charge in [-0.15, -0.1) is 24.0 Å². The molecule has 1 unspecified atom stereocenters. The van der Waals surface area contributed by atoms with Crippen molar-refractivity contribution < 1.29 is 4.74 Å². The first-order valence-electron chi connectivity index (χ1n) is 9.20. The summed E-state index contributed by atoms with van der Waals surface area (Å²) < 4.78 is 5.61. The van der Waals surface area contributed by atoms with Gasteiger partial charge in [0.25, 0.3) is 0 Å². The van der Waals surface area contributed by atoms with E-state index in [1.807, 2.05) is 0 Å². The summed E-state index contributed by atoms with van der Waals surface area (Å²) in [6, 6.07) is 0.486. The molecule has 1 fully saturated rings. The molecule has 6 heteroatoms. The number of methoxy groups -OCH3 is 1. The van der Waals surface area contributed by atoms with E-state index in [2.05, 4.69) is 56.7 Å². The van der Waals surface area contributed by atoms with Crippen molar-refractivity contribution in [1.29, 1.82) is 0 Å². The summed E-state index contributed by atoms with van der Waals surface area (Å²) in [5, 5.41) is 6.96. The predicted octanol–water partition coefficient (Wildman–Crippen LogP) is 3.26. The first kappa shape index (κ1) is 24.7. The average Bonchev–Trinajstić information content (AvgIpc) is 2.48. The van der Waals surface area contributed by atoms with Crippen molar-refractivity contribution in [1.82, 2.24) is 15.5 Å². The van der Waals surface area contributed by atoms with Gasteiger partial charge in [0.15, 0.2) is 5.96 Å². The molecule has 1 saturated heterocycles. The Kier molecular flexibility index (Phi) is 12.0. The third kappa shape index (κ3) is 9.80. The van der Waals surface area contributed by atoms with Crippen LogP contribution >= 0.6 is 24.0 Å². The van der Waals surface area contributed by atoms with E-state index in [0.717, 1.165) is 45.0 Å². The quantitative estimate of drug-likeness (QED) is 0.262. The van der Waals surface area contributed by atoms with Crippen molar-refractivity contribution in [2.45, 2.75) is 59.6 Å². The van der Waals surface area contributed by atoms with Crippen LogP contribution in [0.3, 0.4) is 0 Å². The smallest absolute Gasteiger partial charge is 0.191 e. The van der Waals surface area contributed by atoms with Crippen LogP contribution in [0.25, 0.3) is 0 Å². The maximum Gasteiger partial charge on any atom is 0.191 e. The van der Waals surface area contributed by atoms with Gasteiger partial charge in [0.05, 0.1) is 12.6 Å². The van der Waals surface area contributed by atoms with Gasteiger partial charge >= 0.3 is 0 Å². The monoisotopic (exact) mass is 466 g/mol. The van der Waals surface area contributed by atoms with Gasteiger partial charge in [0.1, 0.15) is 0 Å². The lowest BCUT2D eigenvalue weighted by Gasteiger charge is -2.33. The minimum Gasteiger partial charge on any atom is -0.379 e. The summed E-state index contributed by atoms with van der Waals surface area (Å²) in [5.74, 6) is 0.905. The van der Waals surface area contributed by atoms with E-state index >= 15 is 0 Å². The zero-order chi connectivity index (χ0) is 18.2. The number of halogens is 1. The number of hydrogen-bond acceptors (Lipinski definition) is 3. The molecule has 0 aromatic rings. The van der Waals surface area contributed by atoms with Gasteiger partial charge in [0.2, 0.25) is 0 Å². The Labute approximate surface area is 172 Å². The number of ether oxygens (including phenoxy) is 1. The first-order valence-corrected chi connectivity index (χ1v) is 9.20. The standard InChI is InChI=1S/C19H38N4O.HI/c1-8-20-18(21-13-17(24-7)19(4,5)6)22-16-9-11-23(12-10-16)14-15(2)3;/h16-17H,2,8-14H2,1,3-7H3,(H2,20,21,22);1H. The van der Waals surface area contributed by atoms with Gasteiger partial charge in [-0.1, -0.05) is 32.9 Å². The van der Waals surface area contributed by atoms with E-state index in [4.69, 9.17) is 9.73 Å². The molecule has 148 valence electrons. The summed E-state index contributed by atoms with van der Waals surface area (Å²) in [6.45, 7) is 19.6. The molecule has 5 nitrogen and oxygen atoms in total. The number of rotatable bonds is 7. The van der Waals surface area contributed by atoms with Crippen LogP contribution < -0.4 is 10.6 Å². The number of aliphatic imine (C=N–C) groups is 1. The topological polar surface area (TPSA) is 48.9 Å². The minimum absolute atomic E-state index is 0. The Morgan fingerprint density at radius 2 is 1.92 bits per heavy atom. The van der Waals surface area contributed by atoms with Crippen LogP contribution in [-0.4, -0.2) is 62.8 Å². The lowest BCUT2D eigenvalue weighted by Crippen LogP contribution is -2.49. The van der Waals surface area contributed by atoms with E-state index in [1.54, 1.807) is 7.11 Å². The Balaban J connectivity index is 0.00000576. The first-order chi connectivity index (χ1) is 11.3. The van der Waals surface area contributed by atoms with Crippen LogP contribution in [0.15, 0.2) is 17.1 Å². The SMILES string of the molecule is C=C(C)CN1CCC(NC(=NCC(OC)C(C)(C)C)NCC)CC1.I. The molecular weight excluding hydrogens is 427 g/mol. The highest BCUT2D eigenvalue weighted by Gasteiger charge is 2.24. The minimum atomic E-state index is 0. The van der Waals surface area contributed by atoms with E-state index < -0.39 is 0 Å². The van der Waals surface area contributed by atoms with Crippen LogP contribution in [0.5, 0.6) is 0 Å². The van der Waals surface area contributed by atoms with E-state index in [0.29, 0.717) is 12.6 Å². The lowest BCUT2D eigenvalue weighted by molar-refractivity contribution is 0.0241. The van der Waals surface area contributed by atoms with E-state index in [1.165, 1.54) is 5.57 Å². The molecule has 1 rings (SSSR count). The summed E-state index contributed by atoms with van der Waals surface area (Å²) >= 11 is 0. The second-order valence-electron chi connectivity index (χ2n) is 7.96. The number of guanidine groups is 1. The van der Waals surface area contributed by atoms with E-state index in [-0.39, 0.29) is 35.5 Å². The Bertz CT molecular complexity index is 412. The zero-order valence-electron chi connectivity index (χ0n) is 17.0. The van der Waals surface area contributed by atoms with Crippen molar-refractivity contribution in [3.63, 3.8) is 0 Å². The van der Waals surface area contributed by atoms with Gasteiger partial charge in [-0.3, -0.25) is 9.89 Å². The van der Waals surface area contributed by atoms with Crippen molar-refractivity contribution in [3.05, 3.63) is 12.2 Å². The second kappa shape index (κ2) is 12.1. The van der Waals surface area contributed by atoms with Crippen LogP contribution in [0, 0.1) is 5.41 Å². The zero-order valence-corrected chi connectivity index (χ0v) is 19.4. The van der Waals surface area contributed by atoms with Crippen molar-refractivity contribution >= 4 is 29.9 Å². The fourth-order valence-corrected chi connectivity index (χ4v) is 3.01. The van der Waals surface area contributed by atoms with E-state index in [9.17, 15) is 0 Å². The molecule has 0 amide bonds. The van der Waals surface area contributed by atoms with Crippen LogP contribution in [0.4, 0.5) is 0 Å². The molecule has 2 N–H and O–H groups in total. The molecule has 0 aromatic heterocycles. The summed E-state index contributed by atoms with van der Waals surface area (Å²) in [6.07, 6.45) is 2.40. The summed E-state index contributed by atoms with van der Waals surface area (Å²) in [4.78, 5) is 7.23. The normalized spacial score (nSPS) is 18.4. The Morgan fingerprint density at radius 1 is 1.32 bits per heavy atom. The van der Waals surface area contributed by atoms with Gasteiger partial charge in [0, 0.05) is 39.3 Å². The van der Waals surface area contributed by atoms with Crippen LogP contribution in [0.2, 0.25) is 0 Å². The fraction of sp³-hybridized carbons (Fsp3) is 0.842. The van der Waals surface area contributed by atoms with Gasteiger partial charge in [-0.25, -0.2) is 0 Å². The number of nitrogens with zero attached hydrogens (tertiary/aromatic N) is 2. The Hall–Kier alpha value is -0.340. The summed E-state index contributed by atoms with van der Waals surface area (Å²) in [5.41, 5.74) is 1.33.